The van der Waals surface area contributed by atoms with E-state index in [4.69, 9.17) is 0 Å². The van der Waals surface area contributed by atoms with Crippen LogP contribution in [0.4, 0.5) is 9.18 Å². The van der Waals surface area contributed by atoms with E-state index in [1.54, 1.807) is 12.1 Å². The van der Waals surface area contributed by atoms with E-state index < -0.39 is 9.84 Å². The molecule has 0 spiro atoms. The Morgan fingerprint density at radius 2 is 1.95 bits per heavy atom. The molecule has 0 saturated carbocycles. The van der Waals surface area contributed by atoms with Gasteiger partial charge in [-0.2, -0.15) is 0 Å². The highest BCUT2D eigenvalue weighted by atomic mass is 32.2. The first-order valence-corrected chi connectivity index (χ1v) is 9.01. The number of hydrogen-bond donors (Lipinski definition) is 2. The summed E-state index contributed by atoms with van der Waals surface area (Å²) in [6.07, 6.45) is 0.455. The van der Waals surface area contributed by atoms with E-state index in [-0.39, 0.29) is 34.8 Å². The van der Waals surface area contributed by atoms with E-state index in [2.05, 4.69) is 10.6 Å². The third kappa shape index (κ3) is 4.43. The quantitative estimate of drug-likeness (QED) is 0.881. The summed E-state index contributed by atoms with van der Waals surface area (Å²) >= 11 is 0. The molecule has 7 heteroatoms. The molecule has 1 aromatic rings. The first-order chi connectivity index (χ1) is 10.2. The Labute approximate surface area is 130 Å². The number of halogens is 1. The zero-order valence-corrected chi connectivity index (χ0v) is 13.5. The van der Waals surface area contributed by atoms with Crippen molar-refractivity contribution in [3.8, 4) is 0 Å². The van der Waals surface area contributed by atoms with Crippen molar-refractivity contribution < 1.29 is 17.6 Å². The normalized spacial score (nSPS) is 20.6. The lowest BCUT2D eigenvalue weighted by atomic mass is 9.84. The Bertz CT molecular complexity index is 641. The maximum absolute atomic E-state index is 13.0. The van der Waals surface area contributed by atoms with Crippen molar-refractivity contribution in [3.05, 3.63) is 35.6 Å². The van der Waals surface area contributed by atoms with Crippen molar-refractivity contribution in [2.24, 2.45) is 0 Å². The SMILES string of the molecule is CC(C)(CNC(=O)NC1CCS(=O)(=O)C1)c1ccc(F)cc1. The van der Waals surface area contributed by atoms with Crippen molar-refractivity contribution in [2.45, 2.75) is 31.7 Å². The third-order valence-electron chi connectivity index (χ3n) is 3.88. The lowest BCUT2D eigenvalue weighted by Crippen LogP contribution is -2.46. The molecule has 5 nitrogen and oxygen atoms in total. The fourth-order valence-corrected chi connectivity index (χ4v) is 4.12. The molecule has 1 heterocycles. The predicted molar refractivity (Wildman–Crippen MR) is 83.0 cm³/mol. The van der Waals surface area contributed by atoms with Crippen molar-refractivity contribution in [3.63, 3.8) is 0 Å². The Morgan fingerprint density at radius 3 is 2.50 bits per heavy atom. The number of amides is 2. The summed E-state index contributed by atoms with van der Waals surface area (Å²) in [5.74, 6) is -0.173. The van der Waals surface area contributed by atoms with Crippen LogP contribution in [-0.2, 0) is 15.3 Å². The topological polar surface area (TPSA) is 75.3 Å². The van der Waals surface area contributed by atoms with Crippen LogP contribution in [0.5, 0.6) is 0 Å². The highest BCUT2D eigenvalue weighted by Gasteiger charge is 2.29. The van der Waals surface area contributed by atoms with Crippen LogP contribution < -0.4 is 10.6 Å². The minimum atomic E-state index is -3.01. The molecule has 1 saturated heterocycles. The predicted octanol–water partition coefficient (Wildman–Crippen LogP) is 1.59. The number of urea groups is 1. The summed E-state index contributed by atoms with van der Waals surface area (Å²) in [5.41, 5.74) is 0.560. The molecular formula is C15H21FN2O3S. The van der Waals surface area contributed by atoms with Gasteiger partial charge in [0.2, 0.25) is 0 Å². The first kappa shape index (κ1) is 16.7. The van der Waals surface area contributed by atoms with Crippen LogP contribution in [-0.4, -0.2) is 38.5 Å². The fourth-order valence-electron chi connectivity index (χ4n) is 2.45. The number of sulfone groups is 1. The lowest BCUT2D eigenvalue weighted by Gasteiger charge is -2.26. The second kappa shape index (κ2) is 6.24. The van der Waals surface area contributed by atoms with Gasteiger partial charge in [-0.1, -0.05) is 26.0 Å². The number of hydrogen-bond acceptors (Lipinski definition) is 3. The highest BCUT2D eigenvalue weighted by Crippen LogP contribution is 2.22. The standard InChI is InChI=1S/C15H21FN2O3S/c1-15(2,11-3-5-12(16)6-4-11)10-17-14(19)18-13-7-8-22(20,21)9-13/h3-6,13H,7-10H2,1-2H3,(H2,17,18,19). The van der Waals surface area contributed by atoms with Crippen LogP contribution in [0.2, 0.25) is 0 Å². The van der Waals surface area contributed by atoms with Crippen molar-refractivity contribution in [1.82, 2.24) is 10.6 Å². The van der Waals surface area contributed by atoms with Gasteiger partial charge < -0.3 is 10.6 Å². The largest absolute Gasteiger partial charge is 0.337 e. The van der Waals surface area contributed by atoms with E-state index in [1.807, 2.05) is 13.8 Å². The Kier molecular flexibility index (Phi) is 4.75. The molecule has 1 aliphatic rings. The van der Waals surface area contributed by atoms with Crippen molar-refractivity contribution >= 4 is 15.9 Å². The van der Waals surface area contributed by atoms with E-state index in [1.165, 1.54) is 12.1 Å². The van der Waals surface area contributed by atoms with Gasteiger partial charge in [0.1, 0.15) is 5.82 Å². The van der Waals surface area contributed by atoms with E-state index in [9.17, 15) is 17.6 Å². The van der Waals surface area contributed by atoms with Crippen LogP contribution in [0.3, 0.4) is 0 Å². The molecule has 1 aliphatic heterocycles. The van der Waals surface area contributed by atoms with E-state index in [0.717, 1.165) is 5.56 Å². The van der Waals surface area contributed by atoms with E-state index in [0.29, 0.717) is 13.0 Å². The second-order valence-electron chi connectivity index (χ2n) is 6.32. The van der Waals surface area contributed by atoms with Gasteiger partial charge in [-0.25, -0.2) is 17.6 Å². The maximum atomic E-state index is 13.0. The monoisotopic (exact) mass is 328 g/mol. The molecule has 2 N–H and O–H groups in total. The van der Waals surface area contributed by atoms with Gasteiger partial charge in [-0.3, -0.25) is 0 Å². The van der Waals surface area contributed by atoms with Gasteiger partial charge in [0.15, 0.2) is 9.84 Å². The third-order valence-corrected chi connectivity index (χ3v) is 5.65. The molecular weight excluding hydrogens is 307 g/mol. The summed E-state index contributed by atoms with van der Waals surface area (Å²) < 4.78 is 35.6. The molecule has 2 rings (SSSR count). The van der Waals surface area contributed by atoms with Gasteiger partial charge in [0.05, 0.1) is 11.5 Å². The minimum absolute atomic E-state index is 0.00176. The molecule has 1 unspecified atom stereocenters. The smallest absolute Gasteiger partial charge is 0.315 e. The average Bonchev–Trinajstić information content (AvgIpc) is 2.76. The summed E-state index contributed by atoms with van der Waals surface area (Å²) in [4.78, 5) is 11.9. The zero-order chi connectivity index (χ0) is 16.4. The molecule has 1 fully saturated rings. The van der Waals surface area contributed by atoms with Crippen LogP contribution in [0.1, 0.15) is 25.8 Å². The van der Waals surface area contributed by atoms with E-state index >= 15 is 0 Å². The molecule has 1 atom stereocenters. The number of rotatable bonds is 4. The number of carbonyl (C=O) groups excluding carboxylic acids is 1. The van der Waals surface area contributed by atoms with Gasteiger partial charge in [-0.15, -0.1) is 0 Å². The summed E-state index contributed by atoms with van der Waals surface area (Å²) in [6, 6.07) is 5.47. The summed E-state index contributed by atoms with van der Waals surface area (Å²) in [6.45, 7) is 4.25. The minimum Gasteiger partial charge on any atom is -0.337 e. The second-order valence-corrected chi connectivity index (χ2v) is 8.55. The molecule has 0 aromatic heterocycles. The van der Waals surface area contributed by atoms with Crippen molar-refractivity contribution in [1.29, 1.82) is 0 Å². The molecule has 1 aromatic carbocycles. The molecule has 0 bridgehead atoms. The van der Waals surface area contributed by atoms with Crippen molar-refractivity contribution in [2.75, 3.05) is 18.1 Å². The number of carbonyl (C=O) groups is 1. The Hall–Kier alpha value is -1.63. The molecule has 0 aliphatic carbocycles. The van der Waals surface area contributed by atoms with Crippen LogP contribution in [0.15, 0.2) is 24.3 Å². The van der Waals surface area contributed by atoms with Gasteiger partial charge in [0, 0.05) is 18.0 Å². The van der Waals surface area contributed by atoms with Crippen LogP contribution >= 0.6 is 0 Å². The van der Waals surface area contributed by atoms with Gasteiger partial charge in [-0.05, 0) is 24.1 Å². The Balaban J connectivity index is 1.86. The van der Waals surface area contributed by atoms with Crippen LogP contribution in [0.25, 0.3) is 0 Å². The first-order valence-electron chi connectivity index (χ1n) is 7.19. The molecule has 22 heavy (non-hydrogen) atoms. The number of nitrogens with one attached hydrogen (secondary N) is 2. The average molecular weight is 328 g/mol. The number of benzene rings is 1. The lowest BCUT2D eigenvalue weighted by molar-refractivity contribution is 0.235. The zero-order valence-electron chi connectivity index (χ0n) is 12.7. The summed E-state index contributed by atoms with van der Waals surface area (Å²) in [5, 5.41) is 5.43. The highest BCUT2D eigenvalue weighted by molar-refractivity contribution is 7.91. The Morgan fingerprint density at radius 1 is 1.32 bits per heavy atom. The fraction of sp³-hybridized carbons (Fsp3) is 0.533. The molecule has 2 amide bonds. The molecule has 0 radical (unpaired) electrons. The maximum Gasteiger partial charge on any atom is 0.315 e. The van der Waals surface area contributed by atoms with Crippen LogP contribution in [0, 0.1) is 5.82 Å². The molecule has 122 valence electrons. The van der Waals surface area contributed by atoms with Gasteiger partial charge in [0.25, 0.3) is 0 Å². The van der Waals surface area contributed by atoms with Gasteiger partial charge >= 0.3 is 6.03 Å². The summed E-state index contributed by atoms with van der Waals surface area (Å²) in [7, 11) is -3.01.